The van der Waals surface area contributed by atoms with E-state index in [2.05, 4.69) is 66.6 Å². The Morgan fingerprint density at radius 3 is 1.08 bits per heavy atom. The summed E-state index contributed by atoms with van der Waals surface area (Å²) in [6.45, 7) is 1.30. The zero-order valence-electron chi connectivity index (χ0n) is 15.7. The van der Waals surface area contributed by atoms with Crippen LogP contribution in [0.25, 0.3) is 11.1 Å². The van der Waals surface area contributed by atoms with Gasteiger partial charge in [-0.3, -0.25) is 8.97 Å². The van der Waals surface area contributed by atoms with Gasteiger partial charge in [0.2, 0.25) is 13.5 Å². The molecule has 2 aromatic carbocycles. The van der Waals surface area contributed by atoms with Crippen molar-refractivity contribution >= 4 is 0 Å². The van der Waals surface area contributed by atoms with Gasteiger partial charge in [0.1, 0.15) is 11.5 Å². The summed E-state index contributed by atoms with van der Waals surface area (Å²) in [7, 11) is 12.6. The SMILES string of the molecule is C[N+](C)(C)COc1ccc(-c2ccc(OC[N+](C)(C)C)cc2)cc1. The van der Waals surface area contributed by atoms with Gasteiger partial charge in [-0.2, -0.15) is 0 Å². The maximum atomic E-state index is 5.79. The van der Waals surface area contributed by atoms with E-state index in [1.165, 1.54) is 11.1 Å². The van der Waals surface area contributed by atoms with Crippen LogP contribution in [0.5, 0.6) is 11.5 Å². The van der Waals surface area contributed by atoms with Gasteiger partial charge in [0, 0.05) is 0 Å². The number of nitrogens with zero attached hydrogens (tertiary/aromatic N) is 2. The lowest BCUT2D eigenvalue weighted by molar-refractivity contribution is -0.886. The second-order valence-corrected chi connectivity index (χ2v) is 8.18. The molecule has 0 amide bonds. The maximum Gasteiger partial charge on any atom is 0.223 e. The first-order chi connectivity index (χ1) is 11.1. The molecule has 0 N–H and O–H groups in total. The summed E-state index contributed by atoms with van der Waals surface area (Å²) >= 11 is 0. The van der Waals surface area contributed by atoms with E-state index in [1.54, 1.807) is 0 Å². The molecule has 0 unspecified atom stereocenters. The van der Waals surface area contributed by atoms with Gasteiger partial charge in [0.05, 0.1) is 42.3 Å². The van der Waals surface area contributed by atoms with Crippen molar-refractivity contribution < 1.29 is 18.4 Å². The molecule has 0 aromatic heterocycles. The summed E-state index contributed by atoms with van der Waals surface area (Å²) in [5, 5.41) is 0. The van der Waals surface area contributed by atoms with Crippen LogP contribution in [-0.4, -0.2) is 64.7 Å². The minimum Gasteiger partial charge on any atom is -0.445 e. The van der Waals surface area contributed by atoms with E-state index in [9.17, 15) is 0 Å². The van der Waals surface area contributed by atoms with Gasteiger partial charge in [0.15, 0.2) is 0 Å². The third-order valence-corrected chi connectivity index (χ3v) is 3.28. The molecular weight excluding hydrogens is 300 g/mol. The van der Waals surface area contributed by atoms with Crippen molar-refractivity contribution in [3.05, 3.63) is 48.5 Å². The van der Waals surface area contributed by atoms with E-state index in [0.29, 0.717) is 13.5 Å². The highest BCUT2D eigenvalue weighted by molar-refractivity contribution is 5.64. The first kappa shape index (κ1) is 18.3. The van der Waals surface area contributed by atoms with Crippen molar-refractivity contribution in [2.75, 3.05) is 55.7 Å². The van der Waals surface area contributed by atoms with Crippen LogP contribution in [0, 0.1) is 0 Å². The molecular formula is C20H30N2O2+2. The average molecular weight is 330 g/mol. The molecule has 24 heavy (non-hydrogen) atoms. The monoisotopic (exact) mass is 330 g/mol. The first-order valence-corrected chi connectivity index (χ1v) is 8.19. The van der Waals surface area contributed by atoms with Crippen LogP contribution in [0.2, 0.25) is 0 Å². The second-order valence-electron chi connectivity index (χ2n) is 8.18. The Labute approximate surface area is 146 Å². The molecule has 0 fully saturated rings. The smallest absolute Gasteiger partial charge is 0.223 e. The summed E-state index contributed by atoms with van der Waals surface area (Å²) in [5.74, 6) is 1.80. The van der Waals surface area contributed by atoms with Gasteiger partial charge in [-0.25, -0.2) is 0 Å². The van der Waals surface area contributed by atoms with Crippen LogP contribution < -0.4 is 9.47 Å². The molecule has 0 heterocycles. The van der Waals surface area contributed by atoms with Crippen LogP contribution in [0.3, 0.4) is 0 Å². The third kappa shape index (κ3) is 6.22. The van der Waals surface area contributed by atoms with Crippen LogP contribution in [-0.2, 0) is 0 Å². The highest BCUT2D eigenvalue weighted by Crippen LogP contribution is 2.25. The first-order valence-electron chi connectivity index (χ1n) is 8.19. The minimum atomic E-state index is 0.650. The molecule has 0 saturated carbocycles. The molecule has 4 heteroatoms. The van der Waals surface area contributed by atoms with Gasteiger partial charge in [0.25, 0.3) is 0 Å². The molecule has 0 saturated heterocycles. The van der Waals surface area contributed by atoms with E-state index in [4.69, 9.17) is 9.47 Å². The van der Waals surface area contributed by atoms with Crippen molar-refractivity contribution in [3.63, 3.8) is 0 Å². The third-order valence-electron chi connectivity index (χ3n) is 3.28. The highest BCUT2D eigenvalue weighted by atomic mass is 16.5. The molecule has 0 aliphatic heterocycles. The van der Waals surface area contributed by atoms with Crippen molar-refractivity contribution in [3.8, 4) is 22.6 Å². The van der Waals surface area contributed by atoms with E-state index < -0.39 is 0 Å². The van der Waals surface area contributed by atoms with Crippen LogP contribution >= 0.6 is 0 Å². The minimum absolute atomic E-state index is 0.650. The van der Waals surface area contributed by atoms with Crippen molar-refractivity contribution in [2.45, 2.75) is 0 Å². The van der Waals surface area contributed by atoms with E-state index in [0.717, 1.165) is 20.5 Å². The summed E-state index contributed by atoms with van der Waals surface area (Å²) in [5.41, 5.74) is 2.34. The number of rotatable bonds is 7. The molecule has 0 aliphatic carbocycles. The Morgan fingerprint density at radius 2 is 0.833 bits per heavy atom. The van der Waals surface area contributed by atoms with Gasteiger partial charge in [-0.1, -0.05) is 24.3 Å². The fraction of sp³-hybridized carbons (Fsp3) is 0.400. The molecule has 4 nitrogen and oxygen atoms in total. The van der Waals surface area contributed by atoms with E-state index in [-0.39, 0.29) is 0 Å². The molecule has 2 aromatic rings. The quantitative estimate of drug-likeness (QED) is 0.572. The van der Waals surface area contributed by atoms with E-state index in [1.807, 2.05) is 24.3 Å². The van der Waals surface area contributed by atoms with Crippen LogP contribution in [0.1, 0.15) is 0 Å². The maximum absolute atomic E-state index is 5.79. The lowest BCUT2D eigenvalue weighted by Gasteiger charge is -2.23. The van der Waals surface area contributed by atoms with Gasteiger partial charge < -0.3 is 9.47 Å². The lowest BCUT2D eigenvalue weighted by atomic mass is 10.1. The fourth-order valence-electron chi connectivity index (χ4n) is 2.02. The molecule has 0 spiro atoms. The zero-order chi connectivity index (χ0) is 17.8. The van der Waals surface area contributed by atoms with Crippen LogP contribution in [0.15, 0.2) is 48.5 Å². The Balaban J connectivity index is 1.99. The fourth-order valence-corrected chi connectivity index (χ4v) is 2.02. The van der Waals surface area contributed by atoms with E-state index >= 15 is 0 Å². The number of hydrogen-bond acceptors (Lipinski definition) is 2. The molecule has 0 aliphatic rings. The van der Waals surface area contributed by atoms with Crippen molar-refractivity contribution in [1.29, 1.82) is 0 Å². The number of hydrogen-bond donors (Lipinski definition) is 0. The van der Waals surface area contributed by atoms with Gasteiger partial charge in [-0.15, -0.1) is 0 Å². The zero-order valence-corrected chi connectivity index (χ0v) is 15.7. The molecule has 130 valence electrons. The summed E-state index contributed by atoms with van der Waals surface area (Å²) in [4.78, 5) is 0. The van der Waals surface area contributed by atoms with Crippen LogP contribution in [0.4, 0.5) is 0 Å². The summed E-state index contributed by atoms with van der Waals surface area (Å²) in [6, 6.07) is 16.4. The van der Waals surface area contributed by atoms with Crippen molar-refractivity contribution in [1.82, 2.24) is 0 Å². The summed E-state index contributed by atoms with van der Waals surface area (Å²) in [6.07, 6.45) is 0. The molecule has 2 rings (SSSR count). The number of benzene rings is 2. The van der Waals surface area contributed by atoms with Crippen molar-refractivity contribution in [2.24, 2.45) is 0 Å². The number of ether oxygens (including phenoxy) is 2. The molecule has 0 bridgehead atoms. The normalized spacial score (nSPS) is 12.1. The lowest BCUT2D eigenvalue weighted by Crippen LogP contribution is -2.38. The topological polar surface area (TPSA) is 18.5 Å². The Morgan fingerprint density at radius 1 is 0.542 bits per heavy atom. The average Bonchev–Trinajstić information content (AvgIpc) is 2.51. The summed E-state index contributed by atoms with van der Waals surface area (Å²) < 4.78 is 13.1. The second kappa shape index (κ2) is 7.24. The van der Waals surface area contributed by atoms with Gasteiger partial charge >= 0.3 is 0 Å². The Bertz CT molecular complexity index is 576. The standard InChI is InChI=1S/C20H30N2O2/c1-21(2,3)15-23-19-11-7-17(8-12-19)18-9-13-20(14-10-18)24-16-22(4,5)6/h7-14H,15-16H2,1-6H3/q+2. The molecule has 0 radical (unpaired) electrons. The predicted molar refractivity (Wildman–Crippen MR) is 98.9 cm³/mol. The molecule has 0 atom stereocenters. The highest BCUT2D eigenvalue weighted by Gasteiger charge is 2.09. The predicted octanol–water partition coefficient (Wildman–Crippen LogP) is 3.44. The Hall–Kier alpha value is -2.04. The Kier molecular flexibility index (Phi) is 5.52. The van der Waals surface area contributed by atoms with Gasteiger partial charge in [-0.05, 0) is 35.4 Å². The number of quaternary nitrogens is 2. The largest absolute Gasteiger partial charge is 0.445 e.